The maximum absolute atomic E-state index is 10.3. The van der Waals surface area contributed by atoms with Gasteiger partial charge in [0.05, 0.1) is 0 Å². The van der Waals surface area contributed by atoms with Crippen LogP contribution < -0.4 is 0 Å². The Labute approximate surface area is 148 Å². The molecule has 0 atom stereocenters. The fourth-order valence-electron chi connectivity index (χ4n) is 1.86. The summed E-state index contributed by atoms with van der Waals surface area (Å²) in [7, 11) is 9.78. The van der Waals surface area contributed by atoms with Crippen LogP contribution in [-0.4, -0.2) is 17.4 Å². The second kappa shape index (κ2) is 10.1. The van der Waals surface area contributed by atoms with E-state index in [1.54, 1.807) is 6.21 Å². The molecule has 0 radical (unpaired) electrons. The molecule has 0 aliphatic carbocycles. The molecule has 2 rings (SSSR count). The van der Waals surface area contributed by atoms with Gasteiger partial charge in [0, 0.05) is 23.4 Å². The predicted molar refractivity (Wildman–Crippen MR) is 92.7 cm³/mol. The summed E-state index contributed by atoms with van der Waals surface area (Å²) in [6, 6.07) is 14.1. The third-order valence-corrected chi connectivity index (χ3v) is 2.94. The molecule has 2 nitrogen and oxygen atoms in total. The van der Waals surface area contributed by atoms with Gasteiger partial charge in [-0.3, -0.25) is 4.99 Å². The molecule has 0 aromatic heterocycles. The standard InChI is InChI=1S/C17H19NO.2ClH.Ti/c1-12(2)18-11-15-5-4-6-16(17(15)19)14-9-7-13(3)8-10-14;;;/h4-12,19H,1-3H3;2*1H;/q;;;+2/p-2. The number of aliphatic imine (C=N–C) groups is 1. The van der Waals surface area contributed by atoms with Gasteiger partial charge >= 0.3 is 35.6 Å². The van der Waals surface area contributed by atoms with E-state index in [2.05, 4.69) is 11.9 Å². The Morgan fingerprint density at radius 1 is 1.09 bits per heavy atom. The van der Waals surface area contributed by atoms with Crippen LogP contribution in [0.1, 0.15) is 25.0 Å². The summed E-state index contributed by atoms with van der Waals surface area (Å²) in [6.45, 7) is 6.07. The van der Waals surface area contributed by atoms with Crippen molar-refractivity contribution < 1.29 is 22.1 Å². The number of hydrogen-bond donors (Lipinski definition) is 1. The predicted octanol–water partition coefficient (Wildman–Crippen LogP) is 5.57. The first-order valence-corrected chi connectivity index (χ1v) is 11.2. The van der Waals surface area contributed by atoms with E-state index in [0.29, 0.717) is 0 Å². The van der Waals surface area contributed by atoms with Gasteiger partial charge in [0.1, 0.15) is 5.75 Å². The van der Waals surface area contributed by atoms with Crippen LogP contribution in [0.4, 0.5) is 0 Å². The van der Waals surface area contributed by atoms with E-state index in [1.807, 2.05) is 56.3 Å². The van der Waals surface area contributed by atoms with Crippen LogP contribution >= 0.6 is 18.6 Å². The zero-order chi connectivity index (χ0) is 16.5. The van der Waals surface area contributed by atoms with Crippen molar-refractivity contribution >= 4 is 24.8 Å². The van der Waals surface area contributed by atoms with E-state index in [-0.39, 0.29) is 11.8 Å². The van der Waals surface area contributed by atoms with Gasteiger partial charge in [-0.05, 0) is 32.4 Å². The molecule has 0 heterocycles. The summed E-state index contributed by atoms with van der Waals surface area (Å²) in [4.78, 5) is 4.32. The average Bonchev–Trinajstić information content (AvgIpc) is 2.48. The Balaban J connectivity index is 0.000000745. The maximum atomic E-state index is 10.3. The number of phenols is 1. The zero-order valence-corrected chi connectivity index (χ0v) is 15.9. The van der Waals surface area contributed by atoms with Gasteiger partial charge in [-0.2, -0.15) is 0 Å². The van der Waals surface area contributed by atoms with Crippen LogP contribution in [-0.2, 0) is 17.0 Å². The van der Waals surface area contributed by atoms with Gasteiger partial charge in [-0.1, -0.05) is 42.0 Å². The van der Waals surface area contributed by atoms with Crippen LogP contribution in [0.5, 0.6) is 5.75 Å². The first-order valence-electron chi connectivity index (χ1n) is 6.88. The molecule has 0 bridgehead atoms. The molecule has 0 saturated carbocycles. The molecule has 22 heavy (non-hydrogen) atoms. The summed E-state index contributed by atoms with van der Waals surface area (Å²) in [5.41, 5.74) is 3.82. The summed E-state index contributed by atoms with van der Waals surface area (Å²) in [5, 5.41) is 10.3. The van der Waals surface area contributed by atoms with Crippen molar-refractivity contribution in [2.24, 2.45) is 4.99 Å². The van der Waals surface area contributed by atoms with Crippen molar-refractivity contribution in [1.29, 1.82) is 0 Å². The fourth-order valence-corrected chi connectivity index (χ4v) is 1.86. The molecule has 0 amide bonds. The summed E-state index contributed by atoms with van der Waals surface area (Å²) in [6.07, 6.45) is 1.73. The second-order valence-electron chi connectivity index (χ2n) is 5.05. The SMILES string of the molecule is Cc1ccc(-c2cccc(C=NC(C)C)c2O)cc1.[Cl][Ti][Cl]. The molecule has 0 fully saturated rings. The summed E-state index contributed by atoms with van der Waals surface area (Å²) >= 11 is -0.556. The molecule has 2 aromatic rings. The first-order chi connectivity index (χ1) is 10.5. The number of aryl methyl sites for hydroxylation is 1. The molecule has 0 aliphatic heterocycles. The molecule has 5 heteroatoms. The van der Waals surface area contributed by atoms with Gasteiger partial charge in [0.25, 0.3) is 0 Å². The Morgan fingerprint density at radius 3 is 2.23 bits per heavy atom. The molecule has 116 valence electrons. The number of rotatable bonds is 3. The molecule has 0 spiro atoms. The monoisotopic (exact) mass is 371 g/mol. The summed E-state index contributed by atoms with van der Waals surface area (Å²) < 4.78 is 0. The number of para-hydroxylation sites is 1. The average molecular weight is 372 g/mol. The fraction of sp³-hybridized carbons (Fsp3) is 0.235. The Morgan fingerprint density at radius 2 is 1.68 bits per heavy atom. The Hall–Kier alpha value is -0.796. The topological polar surface area (TPSA) is 32.6 Å². The number of aromatic hydroxyl groups is 1. The van der Waals surface area contributed by atoms with Crippen LogP contribution in [0.15, 0.2) is 47.5 Å². The Kier molecular flexibility index (Phi) is 8.81. The second-order valence-corrected chi connectivity index (χ2v) is 7.63. The van der Waals surface area contributed by atoms with Gasteiger partial charge in [0.2, 0.25) is 0 Å². The molecular formula is C17H19Cl2NOTi. The summed E-state index contributed by atoms with van der Waals surface area (Å²) in [5.74, 6) is 0.288. The van der Waals surface area contributed by atoms with Crippen LogP contribution in [0.2, 0.25) is 0 Å². The minimum absolute atomic E-state index is 0.224. The van der Waals surface area contributed by atoms with Crippen LogP contribution in [0, 0.1) is 6.92 Å². The van der Waals surface area contributed by atoms with E-state index in [0.717, 1.165) is 16.7 Å². The van der Waals surface area contributed by atoms with Crippen molar-refractivity contribution in [2.45, 2.75) is 26.8 Å². The Bertz CT molecular complexity index is 613. The molecule has 2 aromatic carbocycles. The van der Waals surface area contributed by atoms with Crippen molar-refractivity contribution in [1.82, 2.24) is 0 Å². The number of halogens is 2. The van der Waals surface area contributed by atoms with Crippen LogP contribution in [0.25, 0.3) is 11.1 Å². The molecule has 1 N–H and O–H groups in total. The van der Waals surface area contributed by atoms with E-state index in [9.17, 15) is 5.11 Å². The third-order valence-electron chi connectivity index (χ3n) is 2.94. The number of nitrogens with zero attached hydrogens (tertiary/aromatic N) is 1. The number of hydrogen-bond acceptors (Lipinski definition) is 2. The normalized spacial score (nSPS) is 10.5. The van der Waals surface area contributed by atoms with Crippen molar-refractivity contribution in [2.75, 3.05) is 0 Å². The molecule has 0 aliphatic rings. The van der Waals surface area contributed by atoms with E-state index in [1.165, 1.54) is 5.56 Å². The van der Waals surface area contributed by atoms with Gasteiger partial charge in [-0.25, -0.2) is 0 Å². The number of benzene rings is 2. The number of phenolic OH excluding ortho intramolecular Hbond substituents is 1. The van der Waals surface area contributed by atoms with Gasteiger partial charge < -0.3 is 5.11 Å². The molecular weight excluding hydrogens is 353 g/mol. The quantitative estimate of drug-likeness (QED) is 0.555. The minimum atomic E-state index is -0.556. The zero-order valence-electron chi connectivity index (χ0n) is 12.8. The van der Waals surface area contributed by atoms with Gasteiger partial charge in [0.15, 0.2) is 0 Å². The van der Waals surface area contributed by atoms with Crippen molar-refractivity contribution in [3.63, 3.8) is 0 Å². The first kappa shape index (κ1) is 19.3. The van der Waals surface area contributed by atoms with Gasteiger partial charge in [-0.15, -0.1) is 0 Å². The van der Waals surface area contributed by atoms with E-state index >= 15 is 0 Å². The molecule has 0 saturated heterocycles. The van der Waals surface area contributed by atoms with Crippen molar-refractivity contribution in [3.8, 4) is 16.9 Å². The molecule has 0 unspecified atom stereocenters. The van der Waals surface area contributed by atoms with Crippen molar-refractivity contribution in [3.05, 3.63) is 53.6 Å². The van der Waals surface area contributed by atoms with E-state index < -0.39 is 17.0 Å². The van der Waals surface area contributed by atoms with E-state index in [4.69, 9.17) is 18.6 Å². The van der Waals surface area contributed by atoms with Crippen LogP contribution in [0.3, 0.4) is 0 Å². The third kappa shape index (κ3) is 6.14.